The molecule has 0 amide bonds. The van der Waals surface area contributed by atoms with Gasteiger partial charge in [-0.05, 0) is 52.6 Å². The van der Waals surface area contributed by atoms with Gasteiger partial charge >= 0.3 is 5.97 Å². The van der Waals surface area contributed by atoms with Crippen LogP contribution in [0.15, 0.2) is 72.8 Å². The Balaban J connectivity index is 1.88. The van der Waals surface area contributed by atoms with E-state index in [9.17, 15) is 4.79 Å². The van der Waals surface area contributed by atoms with E-state index in [2.05, 4.69) is 18.2 Å². The second-order valence-corrected chi connectivity index (χ2v) is 5.43. The van der Waals surface area contributed by atoms with Crippen molar-refractivity contribution in [1.29, 1.82) is 0 Å². The van der Waals surface area contributed by atoms with Crippen molar-refractivity contribution in [1.82, 2.24) is 0 Å². The van der Waals surface area contributed by atoms with Crippen LogP contribution in [-0.2, 0) is 4.79 Å². The molecule has 0 spiro atoms. The van der Waals surface area contributed by atoms with Crippen LogP contribution in [0.4, 0.5) is 0 Å². The maximum Gasteiger partial charge on any atom is 0.308 e. The van der Waals surface area contributed by atoms with Crippen LogP contribution in [0.2, 0.25) is 0 Å². The highest BCUT2D eigenvalue weighted by atomic mass is 16.5. The molecule has 0 N–H and O–H groups in total. The monoisotopic (exact) mass is 318 g/mol. The molecule has 0 unspecified atom stereocenters. The number of hydrogen-bond donors (Lipinski definition) is 0. The van der Waals surface area contributed by atoms with Gasteiger partial charge in [-0.15, -0.1) is 0 Å². The Morgan fingerprint density at radius 1 is 0.708 bits per heavy atom. The Kier molecular flexibility index (Phi) is 4.62. The van der Waals surface area contributed by atoms with E-state index in [-0.39, 0.29) is 5.97 Å². The van der Waals surface area contributed by atoms with Gasteiger partial charge in [-0.2, -0.15) is 0 Å². The molecule has 3 nitrogen and oxygen atoms in total. The van der Waals surface area contributed by atoms with Crippen molar-refractivity contribution in [3.8, 4) is 33.8 Å². The SMILES string of the molecule is COc1ccc(-c2cccc(-c3ccc(OC(C)=O)cc3)c2)cc1. The summed E-state index contributed by atoms with van der Waals surface area (Å²) in [5.41, 5.74) is 4.45. The molecule has 0 radical (unpaired) electrons. The molecule has 0 atom stereocenters. The standard InChI is InChI=1S/C21H18O3/c1-15(22)24-21-12-8-17(9-13-21)19-5-3-4-18(14-19)16-6-10-20(23-2)11-7-16/h3-14H,1-2H3. The van der Waals surface area contributed by atoms with E-state index in [0.29, 0.717) is 5.75 Å². The van der Waals surface area contributed by atoms with E-state index < -0.39 is 0 Å². The summed E-state index contributed by atoms with van der Waals surface area (Å²) in [6.07, 6.45) is 0. The maximum atomic E-state index is 11.0. The molecule has 0 bridgehead atoms. The predicted molar refractivity (Wildman–Crippen MR) is 95.2 cm³/mol. The minimum Gasteiger partial charge on any atom is -0.497 e. The van der Waals surface area contributed by atoms with Gasteiger partial charge in [-0.1, -0.05) is 42.5 Å². The summed E-state index contributed by atoms with van der Waals surface area (Å²) in [4.78, 5) is 11.0. The van der Waals surface area contributed by atoms with Crippen molar-refractivity contribution in [2.75, 3.05) is 7.11 Å². The first-order valence-corrected chi connectivity index (χ1v) is 7.69. The molecule has 3 aromatic carbocycles. The smallest absolute Gasteiger partial charge is 0.308 e. The third-order valence-electron chi connectivity index (χ3n) is 3.74. The first-order chi connectivity index (χ1) is 11.7. The molecule has 3 rings (SSSR count). The van der Waals surface area contributed by atoms with E-state index in [1.807, 2.05) is 42.5 Å². The summed E-state index contributed by atoms with van der Waals surface area (Å²) in [6.45, 7) is 1.40. The lowest BCUT2D eigenvalue weighted by Crippen LogP contribution is -2.00. The molecule has 0 aliphatic rings. The van der Waals surface area contributed by atoms with Crippen molar-refractivity contribution in [2.45, 2.75) is 6.92 Å². The molecule has 24 heavy (non-hydrogen) atoms. The first kappa shape index (κ1) is 15.8. The maximum absolute atomic E-state index is 11.0. The van der Waals surface area contributed by atoms with Gasteiger partial charge in [0.1, 0.15) is 11.5 Å². The fraction of sp³-hybridized carbons (Fsp3) is 0.0952. The normalized spacial score (nSPS) is 10.2. The van der Waals surface area contributed by atoms with Crippen molar-refractivity contribution in [3.05, 3.63) is 72.8 Å². The number of methoxy groups -OCH3 is 1. The van der Waals surface area contributed by atoms with E-state index in [4.69, 9.17) is 9.47 Å². The Morgan fingerprint density at radius 2 is 1.21 bits per heavy atom. The number of ether oxygens (including phenoxy) is 2. The zero-order chi connectivity index (χ0) is 16.9. The number of hydrogen-bond acceptors (Lipinski definition) is 3. The Hall–Kier alpha value is -3.07. The lowest BCUT2D eigenvalue weighted by Gasteiger charge is -2.08. The van der Waals surface area contributed by atoms with Crippen LogP contribution in [0, 0.1) is 0 Å². The molecular weight excluding hydrogens is 300 g/mol. The van der Waals surface area contributed by atoms with E-state index in [0.717, 1.165) is 28.0 Å². The summed E-state index contributed by atoms with van der Waals surface area (Å²) in [7, 11) is 1.66. The van der Waals surface area contributed by atoms with Gasteiger partial charge in [0.25, 0.3) is 0 Å². The number of carbonyl (C=O) groups excluding carboxylic acids is 1. The van der Waals surface area contributed by atoms with E-state index >= 15 is 0 Å². The fourth-order valence-corrected chi connectivity index (χ4v) is 2.54. The molecule has 0 heterocycles. The van der Waals surface area contributed by atoms with Gasteiger partial charge in [0.2, 0.25) is 0 Å². The molecule has 120 valence electrons. The summed E-state index contributed by atoms with van der Waals surface area (Å²) in [5, 5.41) is 0. The van der Waals surface area contributed by atoms with Crippen LogP contribution in [0.5, 0.6) is 11.5 Å². The quantitative estimate of drug-likeness (QED) is 0.504. The largest absolute Gasteiger partial charge is 0.497 e. The molecule has 0 fully saturated rings. The third kappa shape index (κ3) is 3.63. The van der Waals surface area contributed by atoms with Gasteiger partial charge in [-0.3, -0.25) is 4.79 Å². The molecule has 0 aliphatic heterocycles. The van der Waals surface area contributed by atoms with Crippen LogP contribution >= 0.6 is 0 Å². The van der Waals surface area contributed by atoms with Gasteiger partial charge in [0, 0.05) is 6.92 Å². The highest BCUT2D eigenvalue weighted by Gasteiger charge is 2.04. The second-order valence-electron chi connectivity index (χ2n) is 5.43. The summed E-state index contributed by atoms with van der Waals surface area (Å²) in [5.74, 6) is 1.08. The third-order valence-corrected chi connectivity index (χ3v) is 3.74. The average Bonchev–Trinajstić information content (AvgIpc) is 2.62. The van der Waals surface area contributed by atoms with Crippen LogP contribution in [0.25, 0.3) is 22.3 Å². The van der Waals surface area contributed by atoms with Gasteiger partial charge < -0.3 is 9.47 Å². The Morgan fingerprint density at radius 3 is 1.67 bits per heavy atom. The van der Waals surface area contributed by atoms with E-state index in [1.54, 1.807) is 19.2 Å². The van der Waals surface area contributed by atoms with Gasteiger partial charge in [-0.25, -0.2) is 0 Å². The van der Waals surface area contributed by atoms with Crippen LogP contribution in [-0.4, -0.2) is 13.1 Å². The predicted octanol–water partition coefficient (Wildman–Crippen LogP) is 4.95. The summed E-state index contributed by atoms with van der Waals surface area (Å²) < 4.78 is 10.3. The lowest BCUT2D eigenvalue weighted by atomic mass is 9.99. The van der Waals surface area contributed by atoms with Gasteiger partial charge in [0.05, 0.1) is 7.11 Å². The average molecular weight is 318 g/mol. The number of carbonyl (C=O) groups is 1. The van der Waals surface area contributed by atoms with Crippen molar-refractivity contribution >= 4 is 5.97 Å². The minimum atomic E-state index is -0.316. The van der Waals surface area contributed by atoms with Crippen LogP contribution in [0.3, 0.4) is 0 Å². The molecule has 0 saturated carbocycles. The topological polar surface area (TPSA) is 35.5 Å². The van der Waals surface area contributed by atoms with Crippen molar-refractivity contribution in [2.24, 2.45) is 0 Å². The zero-order valence-corrected chi connectivity index (χ0v) is 13.7. The lowest BCUT2D eigenvalue weighted by molar-refractivity contribution is -0.131. The molecule has 0 saturated heterocycles. The number of esters is 1. The summed E-state index contributed by atoms with van der Waals surface area (Å²) in [6, 6.07) is 23.8. The van der Waals surface area contributed by atoms with Gasteiger partial charge in [0.15, 0.2) is 0 Å². The zero-order valence-electron chi connectivity index (χ0n) is 13.7. The van der Waals surface area contributed by atoms with E-state index in [1.165, 1.54) is 6.92 Å². The van der Waals surface area contributed by atoms with Crippen LogP contribution in [0.1, 0.15) is 6.92 Å². The Labute approximate surface area is 141 Å². The van der Waals surface area contributed by atoms with Crippen molar-refractivity contribution < 1.29 is 14.3 Å². The molecule has 3 aromatic rings. The summed E-state index contributed by atoms with van der Waals surface area (Å²) >= 11 is 0. The Bertz CT molecular complexity index is 834. The number of rotatable bonds is 4. The molecular formula is C21H18O3. The fourth-order valence-electron chi connectivity index (χ4n) is 2.54. The molecule has 0 aliphatic carbocycles. The highest BCUT2D eigenvalue weighted by molar-refractivity contribution is 5.74. The molecule has 3 heteroatoms. The second kappa shape index (κ2) is 7.01. The highest BCUT2D eigenvalue weighted by Crippen LogP contribution is 2.28. The first-order valence-electron chi connectivity index (χ1n) is 7.69. The number of benzene rings is 3. The molecule has 0 aromatic heterocycles. The minimum absolute atomic E-state index is 0.316. The van der Waals surface area contributed by atoms with Crippen LogP contribution < -0.4 is 9.47 Å². The van der Waals surface area contributed by atoms with Crippen molar-refractivity contribution in [3.63, 3.8) is 0 Å².